The van der Waals surface area contributed by atoms with Crippen LogP contribution in [0.4, 0.5) is 0 Å². The number of benzene rings is 2. The molecule has 294 valence electrons. The largest absolute Gasteiger partial charge is 0.334 e. The molecule has 0 atom stereocenters. The second-order valence-electron chi connectivity index (χ2n) is 14.1. The molecule has 0 aliphatic carbocycles. The molecule has 0 spiro atoms. The van der Waals surface area contributed by atoms with Gasteiger partial charge >= 0.3 is 0 Å². The van der Waals surface area contributed by atoms with Gasteiger partial charge in [0.1, 0.15) is 17.5 Å². The molecule has 14 nitrogen and oxygen atoms in total. The molecular formula is C42H48ClN13O. The number of halogens is 1. The van der Waals surface area contributed by atoms with Gasteiger partial charge in [0.2, 0.25) is 0 Å². The molecule has 6 heterocycles. The lowest BCUT2D eigenvalue weighted by molar-refractivity contribution is 0.419. The van der Waals surface area contributed by atoms with Crippen LogP contribution in [-0.4, -0.2) is 65.7 Å². The zero-order valence-electron chi connectivity index (χ0n) is 33.4. The van der Waals surface area contributed by atoms with Crippen molar-refractivity contribution in [2.24, 2.45) is 0 Å². The molecule has 3 N–H and O–H groups in total. The van der Waals surface area contributed by atoms with Gasteiger partial charge in [-0.2, -0.15) is 20.3 Å². The fraction of sp³-hybridized carbons (Fsp3) is 0.286. The van der Waals surface area contributed by atoms with Gasteiger partial charge in [0.25, 0.3) is 5.89 Å². The second kappa shape index (κ2) is 20.5. The number of aromatic nitrogens is 13. The Morgan fingerprint density at radius 1 is 0.456 bits per heavy atom. The predicted octanol–water partition coefficient (Wildman–Crippen LogP) is 10.1. The zero-order valence-corrected chi connectivity index (χ0v) is 34.1. The average molecular weight is 786 g/mol. The van der Waals surface area contributed by atoms with E-state index in [0.717, 1.165) is 68.0 Å². The molecule has 0 aliphatic rings. The normalized spacial score (nSPS) is 10.8. The number of aromatic amines is 3. The van der Waals surface area contributed by atoms with Crippen LogP contribution in [0, 0.1) is 0 Å². The van der Waals surface area contributed by atoms with E-state index < -0.39 is 0 Å². The number of pyridine rings is 2. The van der Waals surface area contributed by atoms with Crippen molar-refractivity contribution in [3.8, 4) is 45.6 Å². The molecule has 0 amide bonds. The van der Waals surface area contributed by atoms with Crippen LogP contribution in [0.2, 0.25) is 5.02 Å². The first-order valence-electron chi connectivity index (χ1n) is 18.7. The predicted molar refractivity (Wildman–Crippen MR) is 222 cm³/mol. The number of hydrogen-bond acceptors (Lipinski definition) is 11. The fourth-order valence-corrected chi connectivity index (χ4v) is 4.88. The maximum Gasteiger partial charge on any atom is 0.258 e. The Balaban J connectivity index is 0.000000145. The summed E-state index contributed by atoms with van der Waals surface area (Å²) in [4.78, 5) is 25.3. The lowest BCUT2D eigenvalue weighted by Crippen LogP contribution is -1.89. The van der Waals surface area contributed by atoms with Crippen molar-refractivity contribution < 1.29 is 4.52 Å². The third-order valence-electron chi connectivity index (χ3n) is 8.11. The summed E-state index contributed by atoms with van der Waals surface area (Å²) in [6.45, 7) is 16.6. The smallest absolute Gasteiger partial charge is 0.258 e. The number of nitrogens with zero attached hydrogens (tertiary/aromatic N) is 10. The highest BCUT2D eigenvalue weighted by Crippen LogP contribution is 2.21. The SMILES string of the molecule is CC(C)c1nc(-c2ccc(Cl)cc2)n[nH]1.CC(C)c1nc(-c2ccccc2)n[nH]1.CC(C)c1nc(-c2ccncc2)n[nH]1.CC(C)c1noc(-c2ccncc2)n1. The minimum Gasteiger partial charge on any atom is -0.334 e. The Hall–Kier alpha value is -6.41. The Kier molecular flexibility index (Phi) is 15.0. The summed E-state index contributed by atoms with van der Waals surface area (Å²) in [5.41, 5.74) is 3.92. The summed E-state index contributed by atoms with van der Waals surface area (Å²) in [5.74, 6) is 7.67. The van der Waals surface area contributed by atoms with Gasteiger partial charge in [-0.3, -0.25) is 25.3 Å². The van der Waals surface area contributed by atoms with E-state index in [1.54, 1.807) is 24.8 Å². The molecule has 15 heteroatoms. The summed E-state index contributed by atoms with van der Waals surface area (Å²) < 4.78 is 5.12. The fourth-order valence-electron chi connectivity index (χ4n) is 4.75. The number of nitrogens with one attached hydrogen (secondary N) is 3. The van der Waals surface area contributed by atoms with Crippen LogP contribution in [0.1, 0.15) is 102 Å². The van der Waals surface area contributed by atoms with Gasteiger partial charge in [-0.15, -0.1) is 0 Å². The Morgan fingerprint density at radius 2 is 0.860 bits per heavy atom. The van der Waals surface area contributed by atoms with Gasteiger partial charge in [-0.25, -0.2) is 15.0 Å². The lowest BCUT2D eigenvalue weighted by Gasteiger charge is -1.96. The molecule has 2 aromatic carbocycles. The highest BCUT2D eigenvalue weighted by Gasteiger charge is 2.12. The van der Waals surface area contributed by atoms with Gasteiger partial charge in [-0.1, -0.05) is 102 Å². The Bertz CT molecular complexity index is 2140. The Labute approximate surface area is 337 Å². The Morgan fingerprint density at radius 3 is 1.25 bits per heavy atom. The van der Waals surface area contributed by atoms with Crippen LogP contribution in [0.3, 0.4) is 0 Å². The van der Waals surface area contributed by atoms with Gasteiger partial charge in [-0.05, 0) is 48.5 Å². The lowest BCUT2D eigenvalue weighted by atomic mass is 10.2. The monoisotopic (exact) mass is 785 g/mol. The van der Waals surface area contributed by atoms with Crippen molar-refractivity contribution in [2.75, 3.05) is 0 Å². The maximum absolute atomic E-state index is 5.81. The molecule has 0 aliphatic heterocycles. The summed E-state index contributed by atoms with van der Waals surface area (Å²) in [7, 11) is 0. The average Bonchev–Trinajstić information content (AvgIpc) is 4.07. The molecule has 0 saturated heterocycles. The van der Waals surface area contributed by atoms with Crippen molar-refractivity contribution in [1.29, 1.82) is 0 Å². The van der Waals surface area contributed by atoms with Crippen molar-refractivity contribution in [1.82, 2.24) is 65.7 Å². The van der Waals surface area contributed by atoms with Crippen molar-refractivity contribution >= 4 is 11.6 Å². The highest BCUT2D eigenvalue weighted by atomic mass is 35.5. The first-order valence-corrected chi connectivity index (χ1v) is 19.1. The van der Waals surface area contributed by atoms with Crippen LogP contribution >= 0.6 is 11.6 Å². The molecule has 57 heavy (non-hydrogen) atoms. The van der Waals surface area contributed by atoms with E-state index in [-0.39, 0.29) is 5.92 Å². The first-order chi connectivity index (χ1) is 27.5. The summed E-state index contributed by atoms with van der Waals surface area (Å²) in [5, 5.41) is 25.9. The van der Waals surface area contributed by atoms with E-state index in [9.17, 15) is 0 Å². The third kappa shape index (κ3) is 12.3. The van der Waals surface area contributed by atoms with E-state index in [4.69, 9.17) is 16.1 Å². The van der Waals surface area contributed by atoms with Crippen LogP contribution in [-0.2, 0) is 0 Å². The topological polar surface area (TPSA) is 189 Å². The third-order valence-corrected chi connectivity index (χ3v) is 8.36. The van der Waals surface area contributed by atoms with E-state index in [0.29, 0.717) is 23.6 Å². The van der Waals surface area contributed by atoms with Crippen LogP contribution in [0.15, 0.2) is 108 Å². The van der Waals surface area contributed by atoms with Gasteiger partial charge < -0.3 is 4.52 Å². The van der Waals surface area contributed by atoms with Gasteiger partial charge in [0.05, 0.1) is 0 Å². The molecule has 0 saturated carbocycles. The van der Waals surface area contributed by atoms with Crippen molar-refractivity contribution in [2.45, 2.75) is 79.1 Å². The van der Waals surface area contributed by atoms with E-state index >= 15 is 0 Å². The molecule has 0 fully saturated rings. The summed E-state index contributed by atoms with van der Waals surface area (Å²) in [6, 6.07) is 25.0. The number of H-pyrrole nitrogens is 3. The van der Waals surface area contributed by atoms with Crippen LogP contribution < -0.4 is 0 Å². The van der Waals surface area contributed by atoms with Gasteiger partial charge in [0, 0.05) is 75.7 Å². The summed E-state index contributed by atoms with van der Waals surface area (Å²) in [6.07, 6.45) is 6.88. The molecule has 0 unspecified atom stereocenters. The minimum atomic E-state index is 0.286. The minimum absolute atomic E-state index is 0.286. The van der Waals surface area contributed by atoms with E-state index in [2.05, 4.69) is 107 Å². The zero-order chi connectivity index (χ0) is 40.7. The van der Waals surface area contributed by atoms with Crippen LogP contribution in [0.25, 0.3) is 45.6 Å². The quantitative estimate of drug-likeness (QED) is 0.133. The van der Waals surface area contributed by atoms with Crippen LogP contribution in [0.5, 0.6) is 0 Å². The molecule has 0 radical (unpaired) electrons. The second-order valence-corrected chi connectivity index (χ2v) is 14.5. The summed E-state index contributed by atoms with van der Waals surface area (Å²) >= 11 is 5.81. The standard InChI is InChI=1S/C11H12ClN3.C11H13N3.C10H12N4.C10H11N3O/c1-7(2)10-13-11(15-14-10)8-3-5-9(12)6-4-8;1-8(2)10-12-11(14-13-10)9-6-4-3-5-7-9;2*1-7(2)9-12-10(14-13-9)8-3-5-11-6-4-8/h3-7H,1-2H3,(H,13,14,15);3-8H,1-2H3,(H,12,13,14);3-7H,1-2H3,(H,12,13,14);3-7H,1-2H3. The molecule has 0 bridgehead atoms. The van der Waals surface area contributed by atoms with Crippen molar-refractivity contribution in [3.63, 3.8) is 0 Å². The van der Waals surface area contributed by atoms with E-state index in [1.807, 2.05) is 92.7 Å². The molecule has 6 aromatic heterocycles. The molecular weight excluding hydrogens is 738 g/mol. The number of rotatable bonds is 8. The molecule has 8 aromatic rings. The maximum atomic E-state index is 5.81. The molecule has 8 rings (SSSR count). The highest BCUT2D eigenvalue weighted by molar-refractivity contribution is 6.30. The number of hydrogen-bond donors (Lipinski definition) is 3. The van der Waals surface area contributed by atoms with E-state index in [1.165, 1.54) is 0 Å². The first kappa shape index (κ1) is 41.7. The van der Waals surface area contributed by atoms with Crippen molar-refractivity contribution in [3.05, 3.63) is 132 Å². The van der Waals surface area contributed by atoms with Gasteiger partial charge in [0.15, 0.2) is 23.3 Å².